The molecule has 2 aromatic carbocycles. The van der Waals surface area contributed by atoms with Gasteiger partial charge in [0.25, 0.3) is 11.6 Å². The Morgan fingerprint density at radius 3 is 2.59 bits per heavy atom. The average Bonchev–Trinajstić information content (AvgIpc) is 2.99. The predicted molar refractivity (Wildman–Crippen MR) is 107 cm³/mol. The first kappa shape index (κ1) is 18.7. The summed E-state index contributed by atoms with van der Waals surface area (Å²) in [5, 5.41) is 11.0. The third kappa shape index (κ3) is 4.20. The van der Waals surface area contributed by atoms with Gasteiger partial charge in [0.05, 0.1) is 21.6 Å². The Balaban J connectivity index is 1.97. The number of hydrogen-bond acceptors (Lipinski definition) is 4. The fourth-order valence-electron chi connectivity index (χ4n) is 2.78. The summed E-state index contributed by atoms with van der Waals surface area (Å²) >= 11 is 1.33. The van der Waals surface area contributed by atoms with Crippen molar-refractivity contribution in [1.82, 2.24) is 4.57 Å². The lowest BCUT2D eigenvalue weighted by atomic mass is 10.1. The lowest BCUT2D eigenvalue weighted by Crippen LogP contribution is -2.17. The number of non-ortho nitro benzene ring substituents is 1. The molecule has 1 heterocycles. The molecule has 0 bridgehead atoms. The summed E-state index contributed by atoms with van der Waals surface area (Å²) in [6.45, 7) is 6.23. The zero-order chi connectivity index (χ0) is 19.4. The molecule has 3 rings (SSSR count). The molecule has 7 heteroatoms. The highest BCUT2D eigenvalue weighted by molar-refractivity contribution is 7.16. The van der Waals surface area contributed by atoms with E-state index in [0.29, 0.717) is 16.9 Å². The van der Waals surface area contributed by atoms with E-state index in [1.165, 1.54) is 29.0 Å². The molecule has 6 nitrogen and oxygen atoms in total. The highest BCUT2D eigenvalue weighted by Crippen LogP contribution is 2.23. The van der Waals surface area contributed by atoms with E-state index in [0.717, 1.165) is 16.7 Å². The lowest BCUT2D eigenvalue weighted by Gasteiger charge is -2.02. The second-order valence-corrected chi connectivity index (χ2v) is 7.05. The minimum atomic E-state index is -0.433. The van der Waals surface area contributed by atoms with Crippen molar-refractivity contribution in [2.45, 2.75) is 26.3 Å². The van der Waals surface area contributed by atoms with Gasteiger partial charge in [-0.05, 0) is 23.6 Å². The van der Waals surface area contributed by atoms with Gasteiger partial charge in [-0.2, -0.15) is 4.99 Å². The molecule has 0 aliphatic carbocycles. The first-order valence-electron chi connectivity index (χ1n) is 8.56. The predicted octanol–water partition coefficient (Wildman–Crippen LogP) is 4.03. The first-order valence-corrected chi connectivity index (χ1v) is 9.37. The number of nitro groups is 1. The van der Waals surface area contributed by atoms with Crippen molar-refractivity contribution in [1.29, 1.82) is 0 Å². The van der Waals surface area contributed by atoms with Crippen molar-refractivity contribution in [2.24, 2.45) is 4.99 Å². The van der Waals surface area contributed by atoms with E-state index in [1.807, 2.05) is 24.3 Å². The highest BCUT2D eigenvalue weighted by atomic mass is 32.1. The van der Waals surface area contributed by atoms with Crippen LogP contribution in [0.15, 0.2) is 60.1 Å². The van der Waals surface area contributed by atoms with Crippen LogP contribution in [0.4, 0.5) is 5.69 Å². The second kappa shape index (κ2) is 8.09. The van der Waals surface area contributed by atoms with Crippen LogP contribution >= 0.6 is 11.3 Å². The van der Waals surface area contributed by atoms with Gasteiger partial charge in [0.1, 0.15) is 0 Å². The Bertz CT molecular complexity index is 1080. The maximum atomic E-state index is 12.4. The number of thiazole rings is 1. The maximum Gasteiger partial charge on any atom is 0.271 e. The van der Waals surface area contributed by atoms with Crippen molar-refractivity contribution >= 4 is 33.1 Å². The highest BCUT2D eigenvalue weighted by Gasteiger charge is 2.12. The van der Waals surface area contributed by atoms with Crippen LogP contribution < -0.4 is 4.80 Å². The Kier molecular flexibility index (Phi) is 5.61. The zero-order valence-corrected chi connectivity index (χ0v) is 15.7. The molecule has 0 aliphatic heterocycles. The smallest absolute Gasteiger partial charge is 0.271 e. The third-order valence-corrected chi connectivity index (χ3v) is 5.25. The summed E-state index contributed by atoms with van der Waals surface area (Å²) in [4.78, 5) is 27.8. The van der Waals surface area contributed by atoms with Crippen molar-refractivity contribution in [2.75, 3.05) is 0 Å². The molecule has 0 saturated heterocycles. The molecule has 0 saturated carbocycles. The molecule has 3 aromatic rings. The third-order valence-electron chi connectivity index (χ3n) is 4.19. The summed E-state index contributed by atoms with van der Waals surface area (Å²) in [7, 11) is 0. The average molecular weight is 381 g/mol. The van der Waals surface area contributed by atoms with Crippen LogP contribution in [-0.2, 0) is 24.2 Å². The van der Waals surface area contributed by atoms with Crippen LogP contribution in [0.1, 0.15) is 18.1 Å². The molecule has 0 aliphatic rings. The molecule has 0 spiro atoms. The number of allylic oxidation sites excluding steroid dienone is 1. The maximum absolute atomic E-state index is 12.4. The van der Waals surface area contributed by atoms with Crippen LogP contribution in [0.5, 0.6) is 0 Å². The van der Waals surface area contributed by atoms with E-state index >= 15 is 0 Å². The number of nitro benzene ring substituents is 1. The van der Waals surface area contributed by atoms with Gasteiger partial charge in [-0.1, -0.05) is 48.6 Å². The van der Waals surface area contributed by atoms with Crippen molar-refractivity contribution in [3.8, 4) is 0 Å². The number of benzene rings is 2. The Morgan fingerprint density at radius 1 is 1.26 bits per heavy atom. The Labute approximate surface area is 160 Å². The number of aromatic nitrogens is 1. The molecule has 0 N–H and O–H groups in total. The van der Waals surface area contributed by atoms with Gasteiger partial charge in [0.2, 0.25) is 0 Å². The number of hydrogen-bond donors (Lipinski definition) is 0. The van der Waals surface area contributed by atoms with Crippen LogP contribution in [0.2, 0.25) is 0 Å². The van der Waals surface area contributed by atoms with Crippen LogP contribution in [0.25, 0.3) is 10.2 Å². The van der Waals surface area contributed by atoms with E-state index in [1.54, 1.807) is 16.7 Å². The fraction of sp³-hybridized carbons (Fsp3) is 0.200. The number of fused-ring (bicyclic) bond motifs is 1. The van der Waals surface area contributed by atoms with Crippen molar-refractivity contribution < 1.29 is 9.72 Å². The van der Waals surface area contributed by atoms with E-state index < -0.39 is 4.92 Å². The molecule has 1 amide bonds. The lowest BCUT2D eigenvalue weighted by molar-refractivity contribution is -0.384. The number of carbonyl (C=O) groups is 1. The molecule has 27 heavy (non-hydrogen) atoms. The molecule has 1 aromatic heterocycles. The van der Waals surface area contributed by atoms with Gasteiger partial charge >= 0.3 is 0 Å². The van der Waals surface area contributed by atoms with E-state index in [-0.39, 0.29) is 18.0 Å². The number of amides is 1. The van der Waals surface area contributed by atoms with Crippen LogP contribution in [-0.4, -0.2) is 15.4 Å². The number of nitrogens with zero attached hydrogens (tertiary/aromatic N) is 3. The van der Waals surface area contributed by atoms with Crippen molar-refractivity contribution in [3.05, 3.63) is 81.2 Å². The molecule has 138 valence electrons. The molecule has 0 fully saturated rings. The number of carbonyl (C=O) groups excluding carboxylic acids is 1. The van der Waals surface area contributed by atoms with E-state index in [2.05, 4.69) is 18.5 Å². The van der Waals surface area contributed by atoms with E-state index in [4.69, 9.17) is 0 Å². The van der Waals surface area contributed by atoms with Gasteiger partial charge in [0, 0.05) is 18.7 Å². The summed E-state index contributed by atoms with van der Waals surface area (Å²) in [6, 6.07) is 12.6. The van der Waals surface area contributed by atoms with Gasteiger partial charge in [-0.3, -0.25) is 14.9 Å². The summed E-state index contributed by atoms with van der Waals surface area (Å²) < 4.78 is 2.61. The topological polar surface area (TPSA) is 77.5 Å². The summed E-state index contributed by atoms with van der Waals surface area (Å²) in [5.41, 5.74) is 2.81. The Hall–Kier alpha value is -3.06. The number of rotatable bonds is 6. The van der Waals surface area contributed by atoms with Gasteiger partial charge in [-0.25, -0.2) is 0 Å². The Morgan fingerprint density at radius 2 is 1.96 bits per heavy atom. The quantitative estimate of drug-likeness (QED) is 0.367. The normalized spacial score (nSPS) is 11.7. The minimum Gasteiger partial charge on any atom is -0.312 e. The molecule has 0 radical (unpaired) electrons. The first-order chi connectivity index (χ1) is 13.0. The number of aryl methyl sites for hydroxylation is 1. The molecular formula is C20H19N3O3S. The zero-order valence-electron chi connectivity index (χ0n) is 14.9. The fourth-order valence-corrected chi connectivity index (χ4v) is 3.81. The molecule has 0 unspecified atom stereocenters. The molecule has 0 atom stereocenters. The van der Waals surface area contributed by atoms with Crippen LogP contribution in [0.3, 0.4) is 0 Å². The van der Waals surface area contributed by atoms with Gasteiger partial charge in [0.15, 0.2) is 4.80 Å². The van der Waals surface area contributed by atoms with Gasteiger partial charge in [-0.15, -0.1) is 6.58 Å². The van der Waals surface area contributed by atoms with Gasteiger partial charge < -0.3 is 4.57 Å². The second-order valence-electron chi connectivity index (χ2n) is 6.05. The van der Waals surface area contributed by atoms with Crippen molar-refractivity contribution in [3.63, 3.8) is 0 Å². The summed E-state index contributed by atoms with van der Waals surface area (Å²) in [6.07, 6.45) is 2.85. The van der Waals surface area contributed by atoms with E-state index in [9.17, 15) is 14.9 Å². The summed E-state index contributed by atoms with van der Waals surface area (Å²) in [5.74, 6) is -0.252. The SMILES string of the molecule is C=CCn1c(=NC(=O)Cc2ccc(CC)cc2)sc2ccc([N+](=O)[O-])cc21. The molecular weight excluding hydrogens is 362 g/mol. The van der Waals surface area contributed by atoms with Crippen LogP contribution in [0, 0.1) is 10.1 Å². The standard InChI is InChI=1S/C20H19N3O3S/c1-3-11-22-17-13-16(23(25)26)9-10-18(17)27-20(22)21-19(24)12-15-7-5-14(4-2)6-8-15/h3,5-10,13H,1,4,11-12H2,2H3. The largest absolute Gasteiger partial charge is 0.312 e. The minimum absolute atomic E-state index is 0.00648. The monoisotopic (exact) mass is 381 g/mol.